The first-order valence-corrected chi connectivity index (χ1v) is 11.0. The van der Waals surface area contributed by atoms with Gasteiger partial charge in [-0.1, -0.05) is 38.1 Å². The molecule has 0 fully saturated rings. The van der Waals surface area contributed by atoms with Crippen LogP contribution in [0.5, 0.6) is 11.5 Å². The molecule has 0 spiro atoms. The van der Waals surface area contributed by atoms with Crippen molar-refractivity contribution in [1.29, 1.82) is 0 Å². The van der Waals surface area contributed by atoms with Crippen molar-refractivity contribution in [3.63, 3.8) is 0 Å². The fourth-order valence-electron chi connectivity index (χ4n) is 3.11. The lowest BCUT2D eigenvalue weighted by Crippen LogP contribution is -2.17. The molecule has 0 radical (unpaired) electrons. The molecule has 2 atom stereocenters. The Bertz CT molecular complexity index is 941. The summed E-state index contributed by atoms with van der Waals surface area (Å²) in [4.78, 5) is 1.13. The van der Waals surface area contributed by atoms with Gasteiger partial charge in [-0.3, -0.25) is 0 Å². The van der Waals surface area contributed by atoms with Crippen LogP contribution in [-0.2, 0) is 0 Å². The molecular formula is C23H28O4S. The van der Waals surface area contributed by atoms with E-state index >= 15 is 0 Å². The smallest absolute Gasteiger partial charge is 0.135 e. The Labute approximate surface area is 170 Å². The molecule has 150 valence electrons. The highest BCUT2D eigenvalue weighted by molar-refractivity contribution is 7.98. The molecular weight excluding hydrogens is 372 g/mol. The van der Waals surface area contributed by atoms with Crippen LogP contribution in [0.15, 0.2) is 47.4 Å². The van der Waals surface area contributed by atoms with Gasteiger partial charge in [0, 0.05) is 26.4 Å². The Morgan fingerprint density at radius 3 is 1.79 bits per heavy atom. The van der Waals surface area contributed by atoms with Crippen LogP contribution in [0, 0.1) is 0 Å². The maximum Gasteiger partial charge on any atom is 0.135 e. The van der Waals surface area contributed by atoms with Gasteiger partial charge in [0.15, 0.2) is 0 Å². The maximum atomic E-state index is 10.0. The van der Waals surface area contributed by atoms with E-state index < -0.39 is 12.2 Å². The van der Waals surface area contributed by atoms with Gasteiger partial charge in [0.05, 0.1) is 12.2 Å². The summed E-state index contributed by atoms with van der Waals surface area (Å²) in [5.74, 6) is 1.52. The second-order valence-corrected chi connectivity index (χ2v) is 7.74. The van der Waals surface area contributed by atoms with Crippen molar-refractivity contribution in [2.45, 2.75) is 43.8 Å². The second-order valence-electron chi connectivity index (χ2n) is 6.86. The Balaban J connectivity index is 2.21. The molecule has 2 unspecified atom stereocenters. The van der Waals surface area contributed by atoms with Gasteiger partial charge in [0.25, 0.3) is 0 Å². The Hall–Kier alpha value is -1.95. The van der Waals surface area contributed by atoms with Gasteiger partial charge >= 0.3 is 0 Å². The van der Waals surface area contributed by atoms with Crippen molar-refractivity contribution < 1.29 is 19.7 Å². The van der Waals surface area contributed by atoms with E-state index in [2.05, 4.69) is 12.1 Å². The molecule has 0 heterocycles. The van der Waals surface area contributed by atoms with E-state index in [9.17, 15) is 10.2 Å². The van der Waals surface area contributed by atoms with Gasteiger partial charge in [-0.2, -0.15) is 0 Å². The first kappa shape index (κ1) is 20.8. The predicted octanol–water partition coefficient (Wildman–Crippen LogP) is 5.01. The number of thioether (sulfide) groups is 1. The van der Waals surface area contributed by atoms with E-state index in [0.717, 1.165) is 37.9 Å². The summed E-state index contributed by atoms with van der Waals surface area (Å²) in [6.45, 7) is 4.36. The van der Waals surface area contributed by atoms with Gasteiger partial charge in [-0.25, -0.2) is 0 Å². The van der Waals surface area contributed by atoms with E-state index in [0.29, 0.717) is 12.8 Å². The lowest BCUT2D eigenvalue weighted by Gasteiger charge is -2.20. The number of aliphatic hydroxyl groups excluding tert-OH is 2. The molecule has 0 amide bonds. The first-order valence-electron chi connectivity index (χ1n) is 9.73. The average Bonchev–Trinajstić information content (AvgIpc) is 2.74. The van der Waals surface area contributed by atoms with Crippen molar-refractivity contribution in [3.8, 4) is 11.5 Å². The van der Waals surface area contributed by atoms with Crippen molar-refractivity contribution in [2.24, 2.45) is 0 Å². The molecule has 0 aromatic heterocycles. The maximum absolute atomic E-state index is 10.0. The number of aliphatic hydroxyl groups is 2. The molecule has 0 aliphatic heterocycles. The van der Waals surface area contributed by atoms with Crippen LogP contribution < -0.4 is 9.47 Å². The minimum atomic E-state index is -0.506. The number of hydrogen-bond acceptors (Lipinski definition) is 5. The van der Waals surface area contributed by atoms with Crippen molar-refractivity contribution in [3.05, 3.63) is 42.5 Å². The molecule has 3 aromatic rings. The lowest BCUT2D eigenvalue weighted by molar-refractivity contribution is 0.105. The van der Waals surface area contributed by atoms with Crippen LogP contribution in [0.2, 0.25) is 0 Å². The molecule has 3 rings (SSSR count). The highest BCUT2D eigenvalue weighted by atomic mass is 32.2. The molecule has 0 saturated heterocycles. The standard InChI is InChI=1S/C23H28O4S/c1-4-15(24)13-26-22-18-8-6-7-9-19(18)23(27-14-16(25)5-2)21-12-17(28-3)10-11-20(21)22/h6-12,15-16,24-25H,4-5,13-14H2,1-3H3. The van der Waals surface area contributed by atoms with Crippen molar-refractivity contribution in [1.82, 2.24) is 0 Å². The monoisotopic (exact) mass is 400 g/mol. The fourth-order valence-corrected chi connectivity index (χ4v) is 3.55. The third kappa shape index (κ3) is 4.37. The normalized spacial score (nSPS) is 13.6. The zero-order valence-corrected chi connectivity index (χ0v) is 17.5. The molecule has 2 N–H and O–H groups in total. The summed E-state index contributed by atoms with van der Waals surface area (Å²) in [6, 6.07) is 14.2. The third-order valence-corrected chi connectivity index (χ3v) is 5.64. The molecule has 3 aromatic carbocycles. The Morgan fingerprint density at radius 1 is 0.786 bits per heavy atom. The van der Waals surface area contributed by atoms with Crippen molar-refractivity contribution in [2.75, 3.05) is 19.5 Å². The van der Waals surface area contributed by atoms with E-state index in [1.54, 1.807) is 11.8 Å². The molecule has 4 nitrogen and oxygen atoms in total. The van der Waals surface area contributed by atoms with Gasteiger partial charge < -0.3 is 19.7 Å². The highest BCUT2D eigenvalue weighted by Crippen LogP contribution is 2.44. The summed E-state index contributed by atoms with van der Waals surface area (Å²) >= 11 is 1.67. The minimum absolute atomic E-state index is 0.244. The summed E-state index contributed by atoms with van der Waals surface area (Å²) < 4.78 is 12.2. The summed E-state index contributed by atoms with van der Waals surface area (Å²) in [5.41, 5.74) is 0. The number of benzene rings is 3. The van der Waals surface area contributed by atoms with E-state index in [1.165, 1.54) is 0 Å². The Morgan fingerprint density at radius 2 is 1.29 bits per heavy atom. The van der Waals surface area contributed by atoms with Crippen LogP contribution >= 0.6 is 11.8 Å². The number of ether oxygens (including phenoxy) is 2. The van der Waals surface area contributed by atoms with Crippen LogP contribution in [0.1, 0.15) is 26.7 Å². The highest BCUT2D eigenvalue weighted by Gasteiger charge is 2.18. The van der Waals surface area contributed by atoms with Gasteiger partial charge in [0.1, 0.15) is 24.7 Å². The zero-order chi connectivity index (χ0) is 20.1. The first-order chi connectivity index (χ1) is 13.6. The molecule has 0 aliphatic rings. The number of rotatable bonds is 9. The van der Waals surface area contributed by atoms with Gasteiger partial charge in [-0.15, -0.1) is 11.8 Å². The van der Waals surface area contributed by atoms with Crippen LogP contribution in [-0.4, -0.2) is 41.9 Å². The largest absolute Gasteiger partial charge is 0.490 e. The SMILES string of the molecule is CCC(O)COc1c2ccccc2c(OCC(O)CC)c2cc(SC)ccc12. The fraction of sp³-hybridized carbons (Fsp3) is 0.391. The summed E-state index contributed by atoms with van der Waals surface area (Å²) in [7, 11) is 0. The molecule has 0 bridgehead atoms. The third-order valence-electron chi connectivity index (χ3n) is 4.91. The average molecular weight is 401 g/mol. The van der Waals surface area contributed by atoms with Crippen LogP contribution in [0.4, 0.5) is 0 Å². The molecule has 0 saturated carbocycles. The van der Waals surface area contributed by atoms with E-state index in [4.69, 9.17) is 9.47 Å². The lowest BCUT2D eigenvalue weighted by atomic mass is 10.0. The van der Waals surface area contributed by atoms with Crippen molar-refractivity contribution >= 4 is 33.3 Å². The minimum Gasteiger partial charge on any atom is -0.490 e. The quantitative estimate of drug-likeness (QED) is 0.390. The second kappa shape index (κ2) is 9.50. The van der Waals surface area contributed by atoms with E-state index in [-0.39, 0.29) is 13.2 Å². The molecule has 28 heavy (non-hydrogen) atoms. The Kier molecular flexibility index (Phi) is 7.05. The van der Waals surface area contributed by atoms with Crippen LogP contribution in [0.3, 0.4) is 0 Å². The van der Waals surface area contributed by atoms with Gasteiger partial charge in [-0.05, 0) is 37.3 Å². The molecule has 0 aliphatic carbocycles. The summed E-state index contributed by atoms with van der Waals surface area (Å²) in [5, 5.41) is 23.8. The predicted molar refractivity (Wildman–Crippen MR) is 117 cm³/mol. The number of hydrogen-bond donors (Lipinski definition) is 2. The number of fused-ring (bicyclic) bond motifs is 2. The van der Waals surface area contributed by atoms with Crippen LogP contribution in [0.25, 0.3) is 21.5 Å². The zero-order valence-electron chi connectivity index (χ0n) is 16.6. The summed E-state index contributed by atoms with van der Waals surface area (Å²) in [6.07, 6.45) is 2.31. The topological polar surface area (TPSA) is 58.9 Å². The van der Waals surface area contributed by atoms with E-state index in [1.807, 2.05) is 50.4 Å². The molecule has 5 heteroatoms. The van der Waals surface area contributed by atoms with Gasteiger partial charge in [0.2, 0.25) is 0 Å².